The SMILES string of the molecule is CC(NS(=O)(=O)c1c[nH]c(CN)c1)c1cn[nH]c1. The van der Waals surface area contributed by atoms with Crippen LogP contribution in [-0.4, -0.2) is 23.6 Å². The summed E-state index contributed by atoms with van der Waals surface area (Å²) >= 11 is 0. The summed E-state index contributed by atoms with van der Waals surface area (Å²) in [6, 6.07) is 1.16. The van der Waals surface area contributed by atoms with E-state index in [1.165, 1.54) is 12.3 Å². The lowest BCUT2D eigenvalue weighted by atomic mass is 10.2. The number of rotatable bonds is 5. The van der Waals surface area contributed by atoms with Gasteiger partial charge < -0.3 is 10.7 Å². The first-order valence-electron chi connectivity index (χ1n) is 5.41. The zero-order valence-electron chi connectivity index (χ0n) is 9.84. The standard InChI is InChI=1S/C10H15N5O2S/c1-7(8-4-13-14-5-8)15-18(16,17)10-2-9(3-11)12-6-10/h2,4-7,12,15H,3,11H2,1H3,(H,13,14). The van der Waals surface area contributed by atoms with Gasteiger partial charge in [0.2, 0.25) is 10.0 Å². The summed E-state index contributed by atoms with van der Waals surface area (Å²) in [5, 5.41) is 6.42. The van der Waals surface area contributed by atoms with E-state index >= 15 is 0 Å². The molecule has 2 aromatic heterocycles. The molecule has 2 rings (SSSR count). The fourth-order valence-corrected chi connectivity index (χ4v) is 2.81. The molecule has 0 fully saturated rings. The lowest BCUT2D eigenvalue weighted by molar-refractivity contribution is 0.567. The van der Waals surface area contributed by atoms with Gasteiger partial charge in [-0.15, -0.1) is 0 Å². The Morgan fingerprint density at radius 1 is 1.50 bits per heavy atom. The van der Waals surface area contributed by atoms with Gasteiger partial charge in [-0.25, -0.2) is 13.1 Å². The molecule has 0 spiro atoms. The molecular formula is C10H15N5O2S. The molecule has 0 saturated carbocycles. The number of sulfonamides is 1. The Hall–Kier alpha value is -1.64. The third-order valence-electron chi connectivity index (χ3n) is 2.60. The van der Waals surface area contributed by atoms with Crippen LogP contribution in [0.4, 0.5) is 0 Å². The number of nitrogens with zero attached hydrogens (tertiary/aromatic N) is 1. The molecule has 2 aromatic rings. The molecule has 0 amide bonds. The van der Waals surface area contributed by atoms with Crippen molar-refractivity contribution in [3.05, 3.63) is 35.9 Å². The van der Waals surface area contributed by atoms with Crippen molar-refractivity contribution in [2.75, 3.05) is 0 Å². The lowest BCUT2D eigenvalue weighted by Crippen LogP contribution is -2.26. The Balaban J connectivity index is 2.17. The number of hydrogen-bond acceptors (Lipinski definition) is 4. The third kappa shape index (κ3) is 2.61. The molecule has 1 atom stereocenters. The molecule has 0 aliphatic carbocycles. The van der Waals surface area contributed by atoms with Crippen molar-refractivity contribution in [2.45, 2.75) is 24.4 Å². The summed E-state index contributed by atoms with van der Waals surface area (Å²) in [6.45, 7) is 2.02. The Kier molecular flexibility index (Phi) is 3.50. The van der Waals surface area contributed by atoms with Gasteiger partial charge in [0.1, 0.15) is 0 Å². The molecule has 0 bridgehead atoms. The van der Waals surface area contributed by atoms with E-state index < -0.39 is 10.0 Å². The Morgan fingerprint density at radius 3 is 2.83 bits per heavy atom. The second-order valence-corrected chi connectivity index (χ2v) is 5.65. The lowest BCUT2D eigenvalue weighted by Gasteiger charge is -2.11. The molecule has 2 heterocycles. The van der Waals surface area contributed by atoms with Crippen LogP contribution in [0.5, 0.6) is 0 Å². The monoisotopic (exact) mass is 269 g/mol. The highest BCUT2D eigenvalue weighted by molar-refractivity contribution is 7.89. The summed E-state index contributed by atoms with van der Waals surface area (Å²) in [4.78, 5) is 2.99. The predicted octanol–water partition coefficient (Wildman–Crippen LogP) is 0.236. The molecule has 0 saturated heterocycles. The molecule has 7 nitrogen and oxygen atoms in total. The summed E-state index contributed by atoms with van der Waals surface area (Å²) in [5.41, 5.74) is 6.87. The van der Waals surface area contributed by atoms with Crippen molar-refractivity contribution in [2.24, 2.45) is 5.73 Å². The van der Waals surface area contributed by atoms with Gasteiger partial charge in [0.25, 0.3) is 0 Å². The number of hydrogen-bond donors (Lipinski definition) is 4. The highest BCUT2D eigenvalue weighted by atomic mass is 32.2. The highest BCUT2D eigenvalue weighted by Crippen LogP contribution is 2.16. The minimum atomic E-state index is -3.55. The van der Waals surface area contributed by atoms with Crippen LogP contribution in [0, 0.1) is 0 Å². The van der Waals surface area contributed by atoms with Crippen LogP contribution in [0.1, 0.15) is 24.2 Å². The normalized spacial score (nSPS) is 13.7. The number of nitrogens with one attached hydrogen (secondary N) is 3. The second-order valence-electron chi connectivity index (χ2n) is 3.94. The van der Waals surface area contributed by atoms with Crippen LogP contribution in [0.3, 0.4) is 0 Å². The van der Waals surface area contributed by atoms with Gasteiger partial charge in [0.05, 0.1) is 11.1 Å². The van der Waals surface area contributed by atoms with E-state index in [9.17, 15) is 8.42 Å². The van der Waals surface area contributed by atoms with Crippen molar-refractivity contribution >= 4 is 10.0 Å². The van der Waals surface area contributed by atoms with Crippen LogP contribution in [0.2, 0.25) is 0 Å². The zero-order valence-corrected chi connectivity index (χ0v) is 10.7. The first-order chi connectivity index (χ1) is 8.53. The van der Waals surface area contributed by atoms with Crippen molar-refractivity contribution in [1.82, 2.24) is 19.9 Å². The first kappa shape index (κ1) is 12.8. The van der Waals surface area contributed by atoms with Crippen LogP contribution in [0.25, 0.3) is 0 Å². The van der Waals surface area contributed by atoms with E-state index in [-0.39, 0.29) is 17.5 Å². The van der Waals surface area contributed by atoms with Crippen molar-refractivity contribution in [3.8, 4) is 0 Å². The van der Waals surface area contributed by atoms with Crippen LogP contribution in [0.15, 0.2) is 29.6 Å². The quantitative estimate of drug-likeness (QED) is 0.621. The van der Waals surface area contributed by atoms with E-state index in [4.69, 9.17) is 5.73 Å². The molecule has 0 aliphatic rings. The van der Waals surface area contributed by atoms with Crippen LogP contribution >= 0.6 is 0 Å². The third-order valence-corrected chi connectivity index (χ3v) is 4.12. The molecule has 18 heavy (non-hydrogen) atoms. The molecule has 0 radical (unpaired) electrons. The number of H-pyrrole nitrogens is 2. The molecule has 0 aliphatic heterocycles. The van der Waals surface area contributed by atoms with Crippen molar-refractivity contribution in [1.29, 1.82) is 0 Å². The maximum absolute atomic E-state index is 12.1. The Labute approximate surface area is 105 Å². The molecule has 8 heteroatoms. The van der Waals surface area contributed by atoms with Crippen LogP contribution < -0.4 is 10.5 Å². The predicted molar refractivity (Wildman–Crippen MR) is 66.0 cm³/mol. The van der Waals surface area contributed by atoms with Crippen LogP contribution in [-0.2, 0) is 16.6 Å². The summed E-state index contributed by atoms with van der Waals surface area (Å²) in [5.74, 6) is 0. The molecule has 98 valence electrons. The molecule has 1 unspecified atom stereocenters. The molecule has 0 aromatic carbocycles. The topological polar surface area (TPSA) is 117 Å². The van der Waals surface area contributed by atoms with E-state index in [2.05, 4.69) is 19.9 Å². The smallest absolute Gasteiger partial charge is 0.242 e. The summed E-state index contributed by atoms with van der Waals surface area (Å²) < 4.78 is 26.7. The van der Waals surface area contributed by atoms with E-state index in [0.717, 1.165) is 5.56 Å². The fourth-order valence-electron chi connectivity index (χ4n) is 1.56. The minimum absolute atomic E-state index is 0.179. The van der Waals surface area contributed by atoms with Gasteiger partial charge in [-0.2, -0.15) is 5.10 Å². The Bertz CT molecular complexity index is 602. The second kappa shape index (κ2) is 4.92. The molecule has 5 N–H and O–H groups in total. The number of aromatic amines is 2. The largest absolute Gasteiger partial charge is 0.363 e. The number of nitrogens with two attached hydrogens (primary N) is 1. The van der Waals surface area contributed by atoms with E-state index in [1.807, 2.05) is 0 Å². The van der Waals surface area contributed by atoms with Gasteiger partial charge >= 0.3 is 0 Å². The molecular weight excluding hydrogens is 254 g/mol. The van der Waals surface area contributed by atoms with Gasteiger partial charge in [-0.05, 0) is 13.0 Å². The van der Waals surface area contributed by atoms with Crippen molar-refractivity contribution in [3.63, 3.8) is 0 Å². The Morgan fingerprint density at radius 2 is 2.28 bits per heavy atom. The maximum atomic E-state index is 12.1. The van der Waals surface area contributed by atoms with Gasteiger partial charge in [0, 0.05) is 36.2 Å². The van der Waals surface area contributed by atoms with Gasteiger partial charge in [-0.1, -0.05) is 0 Å². The minimum Gasteiger partial charge on any atom is -0.363 e. The van der Waals surface area contributed by atoms with Gasteiger partial charge in [0.15, 0.2) is 0 Å². The number of aromatic nitrogens is 3. The first-order valence-corrected chi connectivity index (χ1v) is 6.89. The van der Waals surface area contributed by atoms with Crippen molar-refractivity contribution < 1.29 is 8.42 Å². The maximum Gasteiger partial charge on any atom is 0.242 e. The zero-order chi connectivity index (χ0) is 13.2. The van der Waals surface area contributed by atoms with E-state index in [0.29, 0.717) is 5.69 Å². The van der Waals surface area contributed by atoms with E-state index in [1.54, 1.807) is 19.3 Å². The average Bonchev–Trinajstić information content (AvgIpc) is 3.00. The summed E-state index contributed by atoms with van der Waals surface area (Å²) in [7, 11) is -3.55. The fraction of sp³-hybridized carbons (Fsp3) is 0.300. The summed E-state index contributed by atoms with van der Waals surface area (Å²) in [6.07, 6.45) is 4.65. The average molecular weight is 269 g/mol. The highest BCUT2D eigenvalue weighted by Gasteiger charge is 2.19. The van der Waals surface area contributed by atoms with Gasteiger partial charge in [-0.3, -0.25) is 5.10 Å².